The smallest absolute Gasteiger partial charge is 0.304 e. The number of thiophene rings is 1. The fourth-order valence-corrected chi connectivity index (χ4v) is 3.64. The van der Waals surface area contributed by atoms with E-state index in [1.165, 1.54) is 4.88 Å². The van der Waals surface area contributed by atoms with Crippen LogP contribution in [0, 0.1) is 0 Å². The van der Waals surface area contributed by atoms with E-state index in [9.17, 15) is 9.00 Å². The normalized spacial score (nSPS) is 14.6. The fourth-order valence-electron chi connectivity index (χ4n) is 1.31. The van der Waals surface area contributed by atoms with Crippen LogP contribution in [-0.4, -0.2) is 20.5 Å². The highest BCUT2D eigenvalue weighted by atomic mass is 32.2. The van der Waals surface area contributed by atoms with E-state index >= 15 is 0 Å². The molecule has 5 heteroatoms. The maximum Gasteiger partial charge on any atom is 0.304 e. The van der Waals surface area contributed by atoms with Crippen LogP contribution >= 0.6 is 11.3 Å². The van der Waals surface area contributed by atoms with Gasteiger partial charge in [-0.05, 0) is 18.6 Å². The Hall–Kier alpha value is -0.680. The number of aryl methyl sites for hydroxylation is 1. The second kappa shape index (κ2) is 6.15. The number of carboxylic acids is 1. The molecule has 0 aliphatic rings. The van der Waals surface area contributed by atoms with Crippen molar-refractivity contribution in [3.8, 4) is 0 Å². The van der Waals surface area contributed by atoms with Gasteiger partial charge in [0.2, 0.25) is 0 Å². The van der Waals surface area contributed by atoms with Gasteiger partial charge in [0.1, 0.15) is 0 Å². The van der Waals surface area contributed by atoms with Crippen LogP contribution in [0.3, 0.4) is 0 Å². The Morgan fingerprint density at radius 3 is 2.62 bits per heavy atom. The molecule has 16 heavy (non-hydrogen) atoms. The van der Waals surface area contributed by atoms with E-state index in [1.807, 2.05) is 12.1 Å². The van der Waals surface area contributed by atoms with Gasteiger partial charge in [-0.15, -0.1) is 11.3 Å². The van der Waals surface area contributed by atoms with Gasteiger partial charge in [-0.2, -0.15) is 0 Å². The van der Waals surface area contributed by atoms with Gasteiger partial charge in [-0.3, -0.25) is 9.00 Å². The lowest BCUT2D eigenvalue weighted by Gasteiger charge is -2.07. The fraction of sp³-hybridized carbons (Fsp3) is 0.545. The highest BCUT2D eigenvalue weighted by Gasteiger charge is 2.15. The Morgan fingerprint density at radius 2 is 2.12 bits per heavy atom. The summed E-state index contributed by atoms with van der Waals surface area (Å²) in [5, 5.41) is 8.32. The highest BCUT2D eigenvalue weighted by Crippen LogP contribution is 2.20. The minimum absolute atomic E-state index is 0.0291. The Kier molecular flexibility index (Phi) is 5.15. The Balaban J connectivity index is 2.53. The molecule has 0 aliphatic heterocycles. The molecule has 0 saturated heterocycles. The van der Waals surface area contributed by atoms with Gasteiger partial charge in [0.05, 0.1) is 12.2 Å². The molecular formula is C11H16O3S2. The molecule has 0 fully saturated rings. The van der Waals surface area contributed by atoms with Gasteiger partial charge in [0.15, 0.2) is 0 Å². The summed E-state index contributed by atoms with van der Waals surface area (Å²) in [6.45, 7) is 3.80. The summed E-state index contributed by atoms with van der Waals surface area (Å²) in [6, 6.07) is 4.02. The predicted octanol–water partition coefficient (Wildman–Crippen LogP) is 2.42. The molecule has 2 atom stereocenters. The van der Waals surface area contributed by atoms with Crippen LogP contribution in [0.25, 0.3) is 0 Å². The van der Waals surface area contributed by atoms with Crippen molar-refractivity contribution in [3.05, 3.63) is 21.9 Å². The van der Waals surface area contributed by atoms with Crippen LogP contribution < -0.4 is 0 Å². The number of carbonyl (C=O) groups is 1. The van der Waals surface area contributed by atoms with Gasteiger partial charge in [0, 0.05) is 25.8 Å². The second-order valence-electron chi connectivity index (χ2n) is 3.66. The molecule has 3 nitrogen and oxygen atoms in total. The average Bonchev–Trinajstić information content (AvgIpc) is 2.64. The summed E-state index contributed by atoms with van der Waals surface area (Å²) in [4.78, 5) is 12.8. The molecule has 0 saturated carbocycles. The van der Waals surface area contributed by atoms with Gasteiger partial charge < -0.3 is 5.11 Å². The van der Waals surface area contributed by atoms with Crippen molar-refractivity contribution in [2.24, 2.45) is 0 Å². The van der Waals surface area contributed by atoms with Crippen LogP contribution in [0.4, 0.5) is 0 Å². The summed E-state index contributed by atoms with van der Waals surface area (Å²) >= 11 is 1.66. The lowest BCUT2D eigenvalue weighted by molar-refractivity contribution is -0.136. The molecule has 90 valence electrons. The monoisotopic (exact) mass is 260 g/mol. The van der Waals surface area contributed by atoms with Crippen LogP contribution in [0.1, 0.15) is 30.0 Å². The third-order valence-electron chi connectivity index (χ3n) is 2.26. The largest absolute Gasteiger partial charge is 0.481 e. The third-order valence-corrected chi connectivity index (χ3v) is 5.33. The minimum atomic E-state index is -1.10. The molecule has 1 aromatic rings. The lowest BCUT2D eigenvalue weighted by atomic mass is 10.3. The summed E-state index contributed by atoms with van der Waals surface area (Å²) in [6.07, 6.45) is 0.959. The van der Waals surface area contributed by atoms with E-state index in [0.717, 1.165) is 11.3 Å². The highest BCUT2D eigenvalue weighted by molar-refractivity contribution is 7.85. The number of hydrogen-bond acceptors (Lipinski definition) is 3. The predicted molar refractivity (Wildman–Crippen MR) is 67.3 cm³/mol. The Bertz CT molecular complexity index is 384. The SMILES string of the molecule is CCc1ccc(CS(=O)C(C)CC(=O)O)s1. The summed E-state index contributed by atoms with van der Waals surface area (Å²) < 4.78 is 11.8. The summed E-state index contributed by atoms with van der Waals surface area (Å²) in [5.41, 5.74) is 0. The van der Waals surface area contributed by atoms with E-state index in [-0.39, 0.29) is 11.7 Å². The Morgan fingerprint density at radius 1 is 1.50 bits per heavy atom. The van der Waals surface area contributed by atoms with Gasteiger partial charge >= 0.3 is 5.97 Å². The molecule has 1 rings (SSSR count). The first-order valence-corrected chi connectivity index (χ1v) is 7.39. The molecule has 0 bridgehead atoms. The van der Waals surface area contributed by atoms with E-state index in [2.05, 4.69) is 6.92 Å². The Labute approximate surface area is 102 Å². The molecule has 0 amide bonds. The molecule has 2 unspecified atom stereocenters. The topological polar surface area (TPSA) is 54.4 Å². The number of carboxylic acid groups (broad SMARTS) is 1. The lowest BCUT2D eigenvalue weighted by Crippen LogP contribution is -2.16. The zero-order valence-electron chi connectivity index (χ0n) is 9.43. The summed E-state index contributed by atoms with van der Waals surface area (Å²) in [5.74, 6) is -0.416. The molecule has 0 aromatic carbocycles. The van der Waals surface area contributed by atoms with Crippen LogP contribution in [0.5, 0.6) is 0 Å². The first kappa shape index (κ1) is 13.4. The van der Waals surface area contributed by atoms with E-state index in [4.69, 9.17) is 5.11 Å². The van der Waals surface area contributed by atoms with Crippen LogP contribution in [-0.2, 0) is 27.8 Å². The van der Waals surface area contributed by atoms with Crippen molar-refractivity contribution in [1.29, 1.82) is 0 Å². The van der Waals surface area contributed by atoms with Crippen molar-refractivity contribution in [1.82, 2.24) is 0 Å². The van der Waals surface area contributed by atoms with Crippen molar-refractivity contribution in [2.45, 2.75) is 37.7 Å². The van der Waals surface area contributed by atoms with E-state index in [0.29, 0.717) is 5.75 Å². The minimum Gasteiger partial charge on any atom is -0.481 e. The zero-order valence-corrected chi connectivity index (χ0v) is 11.1. The molecule has 1 aromatic heterocycles. The quantitative estimate of drug-likeness (QED) is 0.854. The third kappa shape index (κ3) is 4.06. The zero-order chi connectivity index (χ0) is 12.1. The van der Waals surface area contributed by atoms with Gasteiger partial charge in [-0.1, -0.05) is 13.8 Å². The molecule has 0 radical (unpaired) electrons. The molecule has 0 aliphatic carbocycles. The van der Waals surface area contributed by atoms with Crippen molar-refractivity contribution in [3.63, 3.8) is 0 Å². The van der Waals surface area contributed by atoms with Gasteiger partial charge in [-0.25, -0.2) is 0 Å². The molecular weight excluding hydrogens is 244 g/mol. The van der Waals surface area contributed by atoms with Crippen LogP contribution in [0.2, 0.25) is 0 Å². The number of hydrogen-bond donors (Lipinski definition) is 1. The van der Waals surface area contributed by atoms with Crippen LogP contribution in [0.15, 0.2) is 12.1 Å². The second-order valence-corrected chi connectivity index (χ2v) is 6.76. The van der Waals surface area contributed by atoms with E-state index in [1.54, 1.807) is 18.3 Å². The molecule has 0 spiro atoms. The van der Waals surface area contributed by atoms with Gasteiger partial charge in [0.25, 0.3) is 0 Å². The average molecular weight is 260 g/mol. The maximum absolute atomic E-state index is 11.8. The summed E-state index contributed by atoms with van der Waals surface area (Å²) in [7, 11) is -1.10. The molecule has 1 heterocycles. The number of aliphatic carboxylic acids is 1. The van der Waals surface area contributed by atoms with Crippen molar-refractivity contribution in [2.75, 3.05) is 0 Å². The number of rotatable bonds is 6. The first-order chi connectivity index (χ1) is 7.52. The van der Waals surface area contributed by atoms with Crippen molar-refractivity contribution >= 4 is 28.1 Å². The first-order valence-electron chi connectivity index (χ1n) is 5.19. The van der Waals surface area contributed by atoms with E-state index < -0.39 is 16.8 Å². The maximum atomic E-state index is 11.8. The molecule has 1 N–H and O–H groups in total. The standard InChI is InChI=1S/C11H16O3S2/c1-3-9-4-5-10(15-9)7-16(14)8(2)6-11(12)13/h4-5,8H,3,6-7H2,1-2H3,(H,12,13). The van der Waals surface area contributed by atoms with Crippen molar-refractivity contribution < 1.29 is 14.1 Å².